The zero-order valence-corrected chi connectivity index (χ0v) is 9.99. The number of hydrogen-bond acceptors (Lipinski definition) is 3. The summed E-state index contributed by atoms with van der Waals surface area (Å²) in [6.45, 7) is 0. The van der Waals surface area contributed by atoms with Crippen molar-refractivity contribution in [3.05, 3.63) is 40.4 Å². The van der Waals surface area contributed by atoms with E-state index in [1.165, 1.54) is 0 Å². The summed E-state index contributed by atoms with van der Waals surface area (Å²) in [6.07, 6.45) is 1.58. The summed E-state index contributed by atoms with van der Waals surface area (Å²) >= 11 is 5.02. The van der Waals surface area contributed by atoms with E-state index < -0.39 is 0 Å². The summed E-state index contributed by atoms with van der Waals surface area (Å²) in [5.74, 6) is 0. The van der Waals surface area contributed by atoms with Gasteiger partial charge in [0.2, 0.25) is 4.96 Å². The van der Waals surface area contributed by atoms with Crippen molar-refractivity contribution in [2.75, 3.05) is 0 Å². The molecule has 0 saturated heterocycles. The Labute approximate surface area is 98.5 Å². The molecule has 2 aromatic heterocycles. The van der Waals surface area contributed by atoms with Gasteiger partial charge in [0.05, 0.1) is 5.69 Å². The Bertz CT molecular complexity index is 596. The lowest BCUT2D eigenvalue weighted by molar-refractivity contribution is 0.984. The van der Waals surface area contributed by atoms with Gasteiger partial charge in [0.15, 0.2) is 0 Å². The molecule has 0 saturated carbocycles. The van der Waals surface area contributed by atoms with E-state index in [9.17, 15) is 0 Å². The normalized spacial score (nSPS) is 11.0. The number of hydrogen-bond donors (Lipinski definition) is 0. The molecule has 0 radical (unpaired) electrons. The van der Waals surface area contributed by atoms with Crippen LogP contribution in [0.5, 0.6) is 0 Å². The summed E-state index contributed by atoms with van der Waals surface area (Å²) < 4.78 is 2.93. The van der Waals surface area contributed by atoms with Gasteiger partial charge in [-0.3, -0.25) is 0 Å². The fraction of sp³-hybridized carbons (Fsp3) is 0. The second-order valence-corrected chi connectivity index (χ2v) is 4.83. The smallest absolute Gasteiger partial charge is 0.206 e. The number of fused-ring (bicyclic) bond motifs is 1. The molecule has 15 heavy (non-hydrogen) atoms. The van der Waals surface area contributed by atoms with E-state index in [4.69, 9.17) is 0 Å². The molecule has 0 amide bonds. The summed E-state index contributed by atoms with van der Waals surface area (Å²) in [5.41, 5.74) is 2.23. The molecule has 0 spiro atoms. The Hall–Kier alpha value is -1.20. The van der Waals surface area contributed by atoms with E-state index in [1.807, 2.05) is 16.6 Å². The molecule has 0 N–H and O–H groups in total. The molecule has 0 atom stereocenters. The van der Waals surface area contributed by atoms with Gasteiger partial charge in [0.25, 0.3) is 0 Å². The molecule has 74 valence electrons. The second kappa shape index (κ2) is 3.43. The van der Waals surface area contributed by atoms with Gasteiger partial charge in [-0.1, -0.05) is 28.1 Å². The van der Waals surface area contributed by atoms with Crippen LogP contribution in [-0.2, 0) is 0 Å². The van der Waals surface area contributed by atoms with Gasteiger partial charge in [0.1, 0.15) is 6.33 Å². The quantitative estimate of drug-likeness (QED) is 0.685. The van der Waals surface area contributed by atoms with E-state index in [0.717, 1.165) is 20.7 Å². The minimum atomic E-state index is 0.924. The van der Waals surface area contributed by atoms with Crippen LogP contribution in [-0.4, -0.2) is 14.6 Å². The Morgan fingerprint density at radius 3 is 2.80 bits per heavy atom. The largest absolute Gasteiger partial charge is 0.212 e. The third kappa shape index (κ3) is 1.48. The van der Waals surface area contributed by atoms with Gasteiger partial charge in [-0.25, -0.2) is 9.50 Å². The molecule has 0 aliphatic carbocycles. The van der Waals surface area contributed by atoms with Crippen LogP contribution in [0.2, 0.25) is 0 Å². The number of halogens is 1. The molecule has 3 rings (SSSR count). The predicted octanol–water partition coefficient (Wildman–Crippen LogP) is 3.22. The molecule has 3 aromatic rings. The van der Waals surface area contributed by atoms with Crippen molar-refractivity contribution in [1.82, 2.24) is 14.6 Å². The van der Waals surface area contributed by atoms with Crippen molar-refractivity contribution in [3.8, 4) is 11.3 Å². The summed E-state index contributed by atoms with van der Waals surface area (Å²) in [4.78, 5) is 5.07. The van der Waals surface area contributed by atoms with Crippen molar-refractivity contribution < 1.29 is 0 Å². The van der Waals surface area contributed by atoms with Crippen LogP contribution in [0.4, 0.5) is 0 Å². The highest BCUT2D eigenvalue weighted by Gasteiger charge is 2.06. The van der Waals surface area contributed by atoms with Crippen LogP contribution < -0.4 is 0 Å². The Kier molecular flexibility index (Phi) is 2.07. The summed E-state index contributed by atoms with van der Waals surface area (Å²) in [7, 11) is 0. The highest BCUT2D eigenvalue weighted by atomic mass is 79.9. The molecule has 3 nitrogen and oxygen atoms in total. The number of aromatic nitrogens is 3. The molecule has 1 aromatic carbocycles. The van der Waals surface area contributed by atoms with Crippen LogP contribution >= 0.6 is 27.3 Å². The zero-order chi connectivity index (χ0) is 10.3. The Morgan fingerprint density at radius 2 is 2.00 bits per heavy atom. The Morgan fingerprint density at radius 1 is 1.20 bits per heavy atom. The zero-order valence-electron chi connectivity index (χ0n) is 7.59. The second-order valence-electron chi connectivity index (χ2n) is 3.08. The maximum absolute atomic E-state index is 4.18. The first-order chi connectivity index (χ1) is 7.34. The van der Waals surface area contributed by atoms with E-state index in [-0.39, 0.29) is 0 Å². The van der Waals surface area contributed by atoms with E-state index in [1.54, 1.807) is 17.7 Å². The van der Waals surface area contributed by atoms with Crippen molar-refractivity contribution in [2.24, 2.45) is 0 Å². The minimum absolute atomic E-state index is 0.924. The van der Waals surface area contributed by atoms with E-state index >= 15 is 0 Å². The summed E-state index contributed by atoms with van der Waals surface area (Å²) in [6, 6.07) is 8.17. The maximum Gasteiger partial charge on any atom is 0.212 e. The Balaban J connectivity index is 2.21. The average molecular weight is 280 g/mol. The highest BCUT2D eigenvalue weighted by molar-refractivity contribution is 9.10. The first kappa shape index (κ1) is 9.06. The van der Waals surface area contributed by atoms with Crippen molar-refractivity contribution in [3.63, 3.8) is 0 Å². The monoisotopic (exact) mass is 279 g/mol. The molecule has 0 aliphatic heterocycles. The predicted molar refractivity (Wildman–Crippen MR) is 64.0 cm³/mol. The fourth-order valence-corrected chi connectivity index (χ4v) is 2.52. The lowest BCUT2D eigenvalue weighted by Crippen LogP contribution is -1.86. The van der Waals surface area contributed by atoms with Gasteiger partial charge in [-0.05, 0) is 12.1 Å². The lowest BCUT2D eigenvalue weighted by Gasteiger charge is -1.98. The molecular formula is C10H6BrN3S. The van der Waals surface area contributed by atoms with Crippen LogP contribution in [0.1, 0.15) is 0 Å². The third-order valence-electron chi connectivity index (χ3n) is 2.16. The maximum atomic E-state index is 4.18. The van der Waals surface area contributed by atoms with Gasteiger partial charge >= 0.3 is 0 Å². The van der Waals surface area contributed by atoms with Gasteiger partial charge in [-0.15, -0.1) is 11.3 Å². The number of thiazole rings is 1. The standard InChI is InChI=1S/C10H6BrN3S/c11-8-3-1-7(2-4-8)9-5-15-10-12-6-13-14(9)10/h1-6H. The number of nitrogens with zero attached hydrogens (tertiary/aromatic N) is 3. The highest BCUT2D eigenvalue weighted by Crippen LogP contribution is 2.25. The van der Waals surface area contributed by atoms with Gasteiger partial charge in [-0.2, -0.15) is 5.10 Å². The van der Waals surface area contributed by atoms with Crippen LogP contribution in [0.15, 0.2) is 40.4 Å². The SMILES string of the molecule is Brc1ccc(-c2csc3ncnn23)cc1. The van der Waals surface area contributed by atoms with Crippen molar-refractivity contribution in [1.29, 1.82) is 0 Å². The minimum Gasteiger partial charge on any atom is -0.206 e. The van der Waals surface area contributed by atoms with Crippen LogP contribution in [0.3, 0.4) is 0 Å². The molecule has 0 aliphatic rings. The molecule has 2 heterocycles. The van der Waals surface area contributed by atoms with Gasteiger partial charge < -0.3 is 0 Å². The summed E-state index contributed by atoms with van der Waals surface area (Å²) in [5, 5.41) is 6.25. The van der Waals surface area contributed by atoms with Crippen molar-refractivity contribution >= 4 is 32.2 Å². The van der Waals surface area contributed by atoms with Crippen molar-refractivity contribution in [2.45, 2.75) is 0 Å². The number of rotatable bonds is 1. The van der Waals surface area contributed by atoms with E-state index in [2.05, 4.69) is 43.5 Å². The molecule has 0 unspecified atom stereocenters. The lowest BCUT2D eigenvalue weighted by atomic mass is 10.2. The first-order valence-electron chi connectivity index (χ1n) is 4.38. The third-order valence-corrected chi connectivity index (χ3v) is 3.52. The van der Waals surface area contributed by atoms with Gasteiger partial charge in [0, 0.05) is 15.4 Å². The molecule has 0 bridgehead atoms. The fourth-order valence-electron chi connectivity index (χ4n) is 1.45. The average Bonchev–Trinajstić information content (AvgIpc) is 2.80. The molecular weight excluding hydrogens is 274 g/mol. The molecule has 0 fully saturated rings. The van der Waals surface area contributed by atoms with E-state index in [0.29, 0.717) is 0 Å². The first-order valence-corrected chi connectivity index (χ1v) is 6.05. The topological polar surface area (TPSA) is 30.2 Å². The number of benzene rings is 1. The van der Waals surface area contributed by atoms with Crippen LogP contribution in [0, 0.1) is 0 Å². The molecule has 5 heteroatoms. The van der Waals surface area contributed by atoms with Crippen LogP contribution in [0.25, 0.3) is 16.2 Å².